The molecule has 11 rings (SSSR count). The molecule has 0 aromatic heterocycles. The molecule has 0 radical (unpaired) electrons. The van der Waals surface area contributed by atoms with E-state index in [1.165, 1.54) is 34.1 Å². The first-order chi connectivity index (χ1) is 36.9. The molecule has 378 valence electrons. The first kappa shape index (κ1) is 49.1. The van der Waals surface area contributed by atoms with E-state index < -0.39 is 35.5 Å². The van der Waals surface area contributed by atoms with Gasteiger partial charge in [-0.25, -0.2) is 0 Å². The summed E-state index contributed by atoms with van der Waals surface area (Å²) >= 11 is 0. The van der Waals surface area contributed by atoms with E-state index in [2.05, 4.69) is 45.5 Å². The van der Waals surface area contributed by atoms with Gasteiger partial charge in [0.15, 0.2) is 0 Å². The average molecular weight is 1010 g/mol. The van der Waals surface area contributed by atoms with Crippen LogP contribution in [0.2, 0.25) is 0 Å². The Morgan fingerprint density at radius 3 is 0.750 bits per heavy atom. The quantitative estimate of drug-likeness (QED) is 0.113. The molecule has 0 unspecified atom stereocenters. The molecule has 76 heavy (non-hydrogen) atoms. The standard InChI is InChI=1S/C60H52N10O6/c61-25-33-1-9-37(10-2-33)43-21-51(43)65-55(71)47-29-69(30-48(47)56(72)66-52-22-44(52)38-11-3-34(26-62)4-12-38)59(75)41-17-19-42(20-18-41)60(76)70-31-49(57(73)67-53-23-45(53)39-13-5-35(27-63)6-14-39)50(32-70)58(74)68-54-24-46(54)40-15-7-36(28-64)8-16-40/h1-20,43-54H,21-24,29-32H2,(H,65,71)(H,66,72)(H,67,73)(H,68,74)/t43-,44-,45-,46+,47-,48-,49-,50-,51+,52+,53+,54-/m1/s1. The summed E-state index contributed by atoms with van der Waals surface area (Å²) in [4.78, 5) is 88.0. The fraction of sp³-hybridized carbons (Fsp3) is 0.333. The summed E-state index contributed by atoms with van der Waals surface area (Å²) in [5, 5.41) is 49.5. The Morgan fingerprint density at radius 1 is 0.342 bits per heavy atom. The SMILES string of the molecule is N#Cc1ccc([C@H]2C[C@@H]2NC(=O)[C@@H]2CN(C(=O)c3ccc(C(=O)N4C[C@@H](C(=O)N[C@H]5C[C@@H]5c5ccc(C#N)cc5)[C@H](C(=O)N[C@@H]5C[C@H]5c5ccc(C#N)cc5)C4)cc3)C[C@H]2C(=O)N[C@H]2C[C@@H]2c2ccc(C#N)cc2)cc1. The number of amides is 6. The van der Waals surface area contributed by atoms with Gasteiger partial charge in [0.25, 0.3) is 11.8 Å². The van der Waals surface area contributed by atoms with E-state index in [0.717, 1.165) is 22.3 Å². The number of rotatable bonds is 14. The summed E-state index contributed by atoms with van der Waals surface area (Å²) in [5.74, 6) is -5.25. The number of carbonyl (C=O) groups is 6. The van der Waals surface area contributed by atoms with Crippen LogP contribution in [0.15, 0.2) is 121 Å². The van der Waals surface area contributed by atoms with E-state index in [1.54, 1.807) is 48.5 Å². The van der Waals surface area contributed by atoms with Crippen molar-refractivity contribution in [2.24, 2.45) is 23.7 Å². The van der Waals surface area contributed by atoms with Crippen molar-refractivity contribution < 1.29 is 28.8 Å². The van der Waals surface area contributed by atoms with Crippen LogP contribution in [0.25, 0.3) is 0 Å². The molecular formula is C60H52N10O6. The number of benzene rings is 5. The van der Waals surface area contributed by atoms with Crippen molar-refractivity contribution in [2.45, 2.75) is 73.5 Å². The van der Waals surface area contributed by atoms with Crippen LogP contribution in [0.1, 0.15) is 115 Å². The van der Waals surface area contributed by atoms with Gasteiger partial charge < -0.3 is 31.1 Å². The maximum Gasteiger partial charge on any atom is 0.253 e. The van der Waals surface area contributed by atoms with Crippen LogP contribution in [0.4, 0.5) is 0 Å². The second-order valence-corrected chi connectivity index (χ2v) is 21.2. The average Bonchev–Trinajstić information content (AvgIpc) is 4.41. The van der Waals surface area contributed by atoms with Gasteiger partial charge in [-0.15, -0.1) is 0 Å². The Kier molecular flexibility index (Phi) is 13.1. The second-order valence-electron chi connectivity index (χ2n) is 21.2. The molecule has 6 fully saturated rings. The number of nitrogens with one attached hydrogen (secondary N) is 4. The zero-order valence-electron chi connectivity index (χ0n) is 41.3. The Labute approximate surface area is 439 Å². The first-order valence-electron chi connectivity index (χ1n) is 25.8. The van der Waals surface area contributed by atoms with Crippen molar-refractivity contribution >= 4 is 35.4 Å². The van der Waals surface area contributed by atoms with Gasteiger partial charge in [0.1, 0.15) is 0 Å². The molecule has 6 aliphatic rings. The number of likely N-dealkylation sites (tertiary alicyclic amines) is 2. The van der Waals surface area contributed by atoms with Crippen molar-refractivity contribution in [3.63, 3.8) is 0 Å². The molecule has 4 N–H and O–H groups in total. The highest BCUT2D eigenvalue weighted by molar-refractivity contribution is 6.00. The number of hydrogen-bond acceptors (Lipinski definition) is 10. The monoisotopic (exact) mass is 1010 g/mol. The van der Waals surface area contributed by atoms with Gasteiger partial charge in [-0.2, -0.15) is 21.0 Å². The van der Waals surface area contributed by atoms with Crippen molar-refractivity contribution in [3.8, 4) is 24.3 Å². The van der Waals surface area contributed by atoms with Crippen LogP contribution in [0.5, 0.6) is 0 Å². The lowest BCUT2D eigenvalue weighted by Crippen LogP contribution is -2.43. The van der Waals surface area contributed by atoms with Gasteiger partial charge in [0.2, 0.25) is 23.6 Å². The summed E-state index contributed by atoms with van der Waals surface area (Å²) in [5.41, 5.74) is 6.66. The fourth-order valence-electron chi connectivity index (χ4n) is 11.4. The van der Waals surface area contributed by atoms with Gasteiger partial charge in [-0.3, -0.25) is 28.8 Å². The zero-order chi connectivity index (χ0) is 52.8. The summed E-state index contributed by atoms with van der Waals surface area (Å²) in [6.45, 7) is -0.0308. The van der Waals surface area contributed by atoms with Crippen LogP contribution in [-0.2, 0) is 19.2 Å². The summed E-state index contributed by atoms with van der Waals surface area (Å²) in [6, 6.07) is 43.0. The lowest BCUT2D eigenvalue weighted by molar-refractivity contribution is -0.133. The van der Waals surface area contributed by atoms with Crippen LogP contribution < -0.4 is 21.3 Å². The highest BCUT2D eigenvalue weighted by atomic mass is 16.2. The third-order valence-corrected chi connectivity index (χ3v) is 16.3. The Bertz CT molecular complexity index is 2910. The minimum atomic E-state index is -0.840. The van der Waals surface area contributed by atoms with E-state index in [0.29, 0.717) is 47.9 Å². The van der Waals surface area contributed by atoms with E-state index in [9.17, 15) is 49.8 Å². The molecule has 16 nitrogen and oxygen atoms in total. The molecule has 2 aliphatic heterocycles. The molecular weight excluding hydrogens is 957 g/mol. The molecule has 5 aromatic carbocycles. The molecule has 4 aliphatic carbocycles. The topological polar surface area (TPSA) is 252 Å². The summed E-state index contributed by atoms with van der Waals surface area (Å²) in [6.07, 6.45) is 2.80. The second kappa shape index (κ2) is 20.3. The lowest BCUT2D eigenvalue weighted by atomic mass is 9.94. The van der Waals surface area contributed by atoms with E-state index in [1.807, 2.05) is 48.5 Å². The van der Waals surface area contributed by atoms with E-state index >= 15 is 0 Å². The van der Waals surface area contributed by atoms with E-state index in [4.69, 9.17) is 0 Å². The minimum absolute atomic E-state index is 0.00770. The number of nitriles is 4. The zero-order valence-corrected chi connectivity index (χ0v) is 41.3. The minimum Gasteiger partial charge on any atom is -0.352 e. The van der Waals surface area contributed by atoms with Crippen molar-refractivity contribution in [2.75, 3.05) is 26.2 Å². The van der Waals surface area contributed by atoms with Crippen LogP contribution in [-0.4, -0.2) is 95.6 Å². The normalized spacial score (nSPS) is 27.3. The van der Waals surface area contributed by atoms with Crippen LogP contribution in [0, 0.1) is 69.0 Å². The smallest absolute Gasteiger partial charge is 0.253 e. The molecule has 2 saturated heterocycles. The Hall–Kier alpha value is -9.12. The largest absolute Gasteiger partial charge is 0.352 e. The third-order valence-electron chi connectivity index (χ3n) is 16.3. The highest BCUT2D eigenvalue weighted by Gasteiger charge is 2.51. The number of nitrogens with zero attached hydrogens (tertiary/aromatic N) is 6. The maximum atomic E-state index is 14.3. The van der Waals surface area contributed by atoms with Gasteiger partial charge in [-0.05, 0) is 121 Å². The molecule has 4 saturated carbocycles. The molecule has 16 heteroatoms. The van der Waals surface area contributed by atoms with Gasteiger partial charge in [-0.1, -0.05) is 48.5 Å². The fourth-order valence-corrected chi connectivity index (χ4v) is 11.4. The Morgan fingerprint density at radius 2 is 0.553 bits per heavy atom. The van der Waals surface area contributed by atoms with Crippen molar-refractivity contribution in [3.05, 3.63) is 177 Å². The molecule has 2 heterocycles. The van der Waals surface area contributed by atoms with Gasteiger partial charge in [0.05, 0.1) is 70.2 Å². The number of hydrogen-bond donors (Lipinski definition) is 4. The maximum absolute atomic E-state index is 14.3. The van der Waals surface area contributed by atoms with Gasteiger partial charge in [0, 0.05) is 85.1 Å². The Balaban J connectivity index is 0.758. The molecule has 0 spiro atoms. The molecule has 6 amide bonds. The third kappa shape index (κ3) is 10.2. The summed E-state index contributed by atoms with van der Waals surface area (Å²) in [7, 11) is 0. The predicted molar refractivity (Wildman–Crippen MR) is 274 cm³/mol. The van der Waals surface area contributed by atoms with Gasteiger partial charge >= 0.3 is 0 Å². The molecule has 5 aromatic rings. The highest BCUT2D eigenvalue weighted by Crippen LogP contribution is 2.45. The van der Waals surface area contributed by atoms with Crippen molar-refractivity contribution in [1.29, 1.82) is 21.0 Å². The van der Waals surface area contributed by atoms with E-state index in [-0.39, 0.29) is 109 Å². The van der Waals surface area contributed by atoms with Crippen molar-refractivity contribution in [1.82, 2.24) is 31.1 Å². The number of carbonyl (C=O) groups excluding carboxylic acids is 6. The first-order valence-corrected chi connectivity index (χ1v) is 25.8. The summed E-state index contributed by atoms with van der Waals surface area (Å²) < 4.78 is 0. The van der Waals surface area contributed by atoms with Crippen LogP contribution >= 0.6 is 0 Å². The predicted octanol–water partition coefficient (Wildman–Crippen LogP) is 5.24. The molecule has 0 bridgehead atoms. The van der Waals surface area contributed by atoms with Crippen LogP contribution in [0.3, 0.4) is 0 Å². The molecule has 12 atom stereocenters. The lowest BCUT2D eigenvalue weighted by Gasteiger charge is -2.18.